The first-order valence-corrected chi connectivity index (χ1v) is 17.4. The number of carbonyl (C=O) groups is 5. The molecule has 0 radical (unpaired) electrons. The minimum absolute atomic E-state index is 0.0311. The summed E-state index contributed by atoms with van der Waals surface area (Å²) in [4.78, 5) is 62.3. The van der Waals surface area contributed by atoms with Crippen LogP contribution in [0.3, 0.4) is 0 Å². The van der Waals surface area contributed by atoms with Crippen molar-refractivity contribution < 1.29 is 71.3 Å². The van der Waals surface area contributed by atoms with E-state index < -0.39 is 96.6 Å². The highest BCUT2D eigenvalue weighted by atomic mass is 16.8. The van der Waals surface area contributed by atoms with E-state index in [9.17, 15) is 24.0 Å². The molecule has 15 heteroatoms. The summed E-state index contributed by atoms with van der Waals surface area (Å²) in [5.41, 5.74) is -1.18. The molecule has 0 N–H and O–H groups in total. The van der Waals surface area contributed by atoms with Crippen LogP contribution in [0.2, 0.25) is 0 Å². The minimum atomic E-state index is -1.28. The molecule has 286 valence electrons. The minimum Gasteiger partial charge on any atom is -0.457 e. The molecule has 3 saturated heterocycles. The molecule has 0 amide bonds. The second-order valence-electron chi connectivity index (χ2n) is 14.1. The van der Waals surface area contributed by atoms with E-state index in [1.807, 2.05) is 20.8 Å². The molecule has 0 aromatic carbocycles. The van der Waals surface area contributed by atoms with Crippen molar-refractivity contribution in [1.82, 2.24) is 0 Å². The molecule has 3 rings (SSSR count). The monoisotopic (exact) mass is 716 g/mol. The molecule has 0 aromatic rings. The number of esters is 4. The number of ketones is 1. The molecule has 0 spiro atoms. The van der Waals surface area contributed by atoms with Crippen LogP contribution < -0.4 is 0 Å². The van der Waals surface area contributed by atoms with Crippen LogP contribution >= 0.6 is 0 Å². The summed E-state index contributed by atoms with van der Waals surface area (Å²) in [6, 6.07) is 0. The van der Waals surface area contributed by atoms with E-state index in [-0.39, 0.29) is 37.3 Å². The first-order chi connectivity index (χ1) is 23.4. The summed E-state index contributed by atoms with van der Waals surface area (Å²) in [5.74, 6) is -3.52. The number of carbonyl (C=O) groups excluding carboxylic acids is 5. The topological polar surface area (TPSA) is 178 Å². The number of hydrogen-bond donors (Lipinski definition) is 0. The van der Waals surface area contributed by atoms with Gasteiger partial charge in [-0.15, -0.1) is 0 Å². The number of rotatable bonds is 14. The van der Waals surface area contributed by atoms with Gasteiger partial charge in [0.15, 0.2) is 36.7 Å². The second-order valence-corrected chi connectivity index (χ2v) is 14.1. The zero-order valence-corrected chi connectivity index (χ0v) is 31.2. The molecule has 0 aliphatic carbocycles. The SMILES string of the molecule is CCC(C)(CC(=O)C(C)OC)C(=O)OC1OCC(OC2OCC(OC3OCC(C)C(C)C3OC(C)=O)C(C)C2OC(C)=O)C(C)C1OC(C)=O. The normalized spacial score (nSPS) is 36.3. The van der Waals surface area contributed by atoms with E-state index in [2.05, 4.69) is 0 Å². The van der Waals surface area contributed by atoms with Gasteiger partial charge in [-0.05, 0) is 26.2 Å². The molecule has 0 aromatic heterocycles. The van der Waals surface area contributed by atoms with Crippen molar-refractivity contribution in [2.45, 2.75) is 138 Å². The van der Waals surface area contributed by atoms with Crippen LogP contribution in [-0.2, 0) is 71.3 Å². The van der Waals surface area contributed by atoms with Crippen molar-refractivity contribution in [3.63, 3.8) is 0 Å². The van der Waals surface area contributed by atoms with E-state index in [1.165, 1.54) is 27.9 Å². The van der Waals surface area contributed by atoms with Gasteiger partial charge in [-0.2, -0.15) is 0 Å². The van der Waals surface area contributed by atoms with Gasteiger partial charge in [-0.1, -0.05) is 34.6 Å². The number of methoxy groups -OCH3 is 1. The molecule has 14 unspecified atom stereocenters. The van der Waals surface area contributed by atoms with Gasteiger partial charge in [-0.3, -0.25) is 24.0 Å². The summed E-state index contributed by atoms with van der Waals surface area (Å²) in [7, 11) is 1.42. The second kappa shape index (κ2) is 18.2. The Morgan fingerprint density at radius 3 is 1.54 bits per heavy atom. The van der Waals surface area contributed by atoms with Gasteiger partial charge < -0.3 is 47.4 Å². The van der Waals surface area contributed by atoms with Crippen LogP contribution in [-0.4, -0.2) is 112 Å². The van der Waals surface area contributed by atoms with Crippen LogP contribution in [0.4, 0.5) is 0 Å². The molecule has 0 saturated carbocycles. The molecule has 14 atom stereocenters. The third-order valence-corrected chi connectivity index (χ3v) is 10.2. The largest absolute Gasteiger partial charge is 0.457 e. The molecule has 3 fully saturated rings. The number of hydrogen-bond acceptors (Lipinski definition) is 15. The lowest BCUT2D eigenvalue weighted by atomic mass is 9.81. The van der Waals surface area contributed by atoms with E-state index in [0.29, 0.717) is 13.0 Å². The van der Waals surface area contributed by atoms with Crippen molar-refractivity contribution in [3.8, 4) is 0 Å². The van der Waals surface area contributed by atoms with E-state index in [4.69, 9.17) is 47.4 Å². The Hall–Kier alpha value is -2.69. The highest BCUT2D eigenvalue weighted by Crippen LogP contribution is 2.37. The van der Waals surface area contributed by atoms with Crippen molar-refractivity contribution in [3.05, 3.63) is 0 Å². The first kappa shape index (κ1) is 41.7. The van der Waals surface area contributed by atoms with Gasteiger partial charge in [0, 0.05) is 52.1 Å². The summed E-state index contributed by atoms with van der Waals surface area (Å²) in [6.07, 6.45) is -7.71. The maximum atomic E-state index is 13.4. The van der Waals surface area contributed by atoms with Crippen LogP contribution in [0.1, 0.15) is 82.1 Å². The van der Waals surface area contributed by atoms with Gasteiger partial charge in [-0.25, -0.2) is 0 Å². The lowest BCUT2D eigenvalue weighted by molar-refractivity contribution is -0.333. The number of ether oxygens (including phenoxy) is 10. The predicted octanol–water partition coefficient (Wildman–Crippen LogP) is 3.12. The van der Waals surface area contributed by atoms with Gasteiger partial charge in [0.25, 0.3) is 0 Å². The Bertz CT molecular complexity index is 1190. The quantitative estimate of drug-likeness (QED) is 0.189. The predicted molar refractivity (Wildman–Crippen MR) is 173 cm³/mol. The Kier molecular flexibility index (Phi) is 15.2. The molecule has 50 heavy (non-hydrogen) atoms. The zero-order valence-electron chi connectivity index (χ0n) is 31.2. The Labute approximate surface area is 294 Å². The van der Waals surface area contributed by atoms with Gasteiger partial charge >= 0.3 is 23.9 Å². The van der Waals surface area contributed by atoms with Crippen LogP contribution in [0, 0.1) is 29.1 Å². The molecule has 3 aliphatic heterocycles. The average molecular weight is 717 g/mol. The maximum Gasteiger partial charge on any atom is 0.314 e. The van der Waals surface area contributed by atoms with Gasteiger partial charge in [0.2, 0.25) is 6.29 Å². The molecule has 15 nitrogen and oxygen atoms in total. The molecule has 3 heterocycles. The fraction of sp³-hybridized carbons (Fsp3) is 0.857. The number of Topliss-reactive ketones (excluding diaryl/α,β-unsaturated/α-hetero) is 1. The fourth-order valence-corrected chi connectivity index (χ4v) is 6.17. The highest BCUT2D eigenvalue weighted by molar-refractivity contribution is 5.89. The molecular formula is C35H56O15. The third kappa shape index (κ3) is 10.4. The van der Waals surface area contributed by atoms with Crippen LogP contribution in [0.5, 0.6) is 0 Å². The summed E-state index contributed by atoms with van der Waals surface area (Å²) >= 11 is 0. The average Bonchev–Trinajstić information content (AvgIpc) is 3.05. The smallest absolute Gasteiger partial charge is 0.314 e. The van der Waals surface area contributed by atoms with E-state index in [1.54, 1.807) is 27.7 Å². The van der Waals surface area contributed by atoms with Crippen molar-refractivity contribution in [2.24, 2.45) is 29.1 Å². The van der Waals surface area contributed by atoms with E-state index in [0.717, 1.165) is 0 Å². The Balaban J connectivity index is 1.74. The summed E-state index contributed by atoms with van der Waals surface area (Å²) in [5, 5.41) is 0. The first-order valence-electron chi connectivity index (χ1n) is 17.4. The Morgan fingerprint density at radius 2 is 1.10 bits per heavy atom. The lowest BCUT2D eigenvalue weighted by Gasteiger charge is -2.46. The van der Waals surface area contributed by atoms with Gasteiger partial charge in [0.05, 0.1) is 37.4 Å². The maximum absolute atomic E-state index is 13.4. The van der Waals surface area contributed by atoms with Crippen molar-refractivity contribution >= 4 is 29.7 Å². The summed E-state index contributed by atoms with van der Waals surface area (Å²) in [6.45, 7) is 16.7. The van der Waals surface area contributed by atoms with Crippen LogP contribution in [0.15, 0.2) is 0 Å². The Morgan fingerprint density at radius 1 is 0.680 bits per heavy atom. The van der Waals surface area contributed by atoms with Crippen molar-refractivity contribution in [2.75, 3.05) is 26.9 Å². The standard InChI is InChI=1S/C35H56O15/c1-12-35(10,13-25(39)21(6)41-11)34(40)50-33-30(47-24(9)38)20(5)27(16-44-33)49-32-29(46-23(8)37)19(4)26(15-43-32)48-31-28(45-22(7)36)18(3)17(2)14-42-31/h17-21,26-33H,12-16H2,1-11H3. The van der Waals surface area contributed by atoms with Crippen LogP contribution in [0.25, 0.3) is 0 Å². The highest BCUT2D eigenvalue weighted by Gasteiger charge is 2.50. The molecule has 0 bridgehead atoms. The van der Waals surface area contributed by atoms with Crippen molar-refractivity contribution in [1.29, 1.82) is 0 Å². The molecule has 3 aliphatic rings. The molecular weight excluding hydrogens is 660 g/mol. The zero-order chi connectivity index (χ0) is 37.5. The van der Waals surface area contributed by atoms with Gasteiger partial charge in [0.1, 0.15) is 6.10 Å². The van der Waals surface area contributed by atoms with E-state index >= 15 is 0 Å². The lowest BCUT2D eigenvalue weighted by Crippen LogP contribution is -2.58. The fourth-order valence-electron chi connectivity index (χ4n) is 6.17. The third-order valence-electron chi connectivity index (χ3n) is 10.2. The summed E-state index contributed by atoms with van der Waals surface area (Å²) < 4.78 is 58.3.